The average Bonchev–Trinajstić information content (AvgIpc) is 2.72. The van der Waals surface area contributed by atoms with Crippen molar-refractivity contribution in [3.05, 3.63) is 23.3 Å². The Kier molecular flexibility index (Phi) is 2.02. The fourth-order valence-electron chi connectivity index (χ4n) is 1.93. The summed E-state index contributed by atoms with van der Waals surface area (Å²) in [4.78, 5) is 1.16. The standard InChI is InChI=1S/C11H12N2OS/c12-11-9(8-5-2-6-15-8)10(14-13-11)7-3-1-4-7/h2,5-7H,1,3-4H2,(H2,12,13). The molecule has 0 spiro atoms. The summed E-state index contributed by atoms with van der Waals surface area (Å²) in [7, 11) is 0. The lowest BCUT2D eigenvalue weighted by Gasteiger charge is -2.23. The minimum atomic E-state index is 0.527. The monoisotopic (exact) mass is 220 g/mol. The molecule has 0 atom stereocenters. The van der Waals surface area contributed by atoms with Crippen molar-refractivity contribution in [2.24, 2.45) is 0 Å². The first-order valence-corrected chi connectivity index (χ1v) is 6.03. The van der Waals surface area contributed by atoms with E-state index in [1.807, 2.05) is 11.4 Å². The summed E-state index contributed by atoms with van der Waals surface area (Å²) in [5.41, 5.74) is 6.87. The zero-order chi connectivity index (χ0) is 10.3. The number of nitrogens with zero attached hydrogens (tertiary/aromatic N) is 1. The lowest BCUT2D eigenvalue weighted by Crippen LogP contribution is -2.08. The smallest absolute Gasteiger partial charge is 0.175 e. The molecular formula is C11H12N2OS. The van der Waals surface area contributed by atoms with Crippen LogP contribution in [0.25, 0.3) is 10.4 Å². The number of nitrogen functional groups attached to an aromatic ring is 1. The molecule has 2 heterocycles. The van der Waals surface area contributed by atoms with E-state index in [2.05, 4.69) is 11.2 Å². The van der Waals surface area contributed by atoms with Gasteiger partial charge >= 0.3 is 0 Å². The van der Waals surface area contributed by atoms with Crippen molar-refractivity contribution in [2.45, 2.75) is 25.2 Å². The summed E-state index contributed by atoms with van der Waals surface area (Å²) in [6, 6.07) is 4.09. The predicted octanol–water partition coefficient (Wildman–Crippen LogP) is 3.25. The minimum absolute atomic E-state index is 0.527. The van der Waals surface area contributed by atoms with Crippen LogP contribution in [0.1, 0.15) is 30.9 Å². The van der Waals surface area contributed by atoms with Crippen LogP contribution in [-0.4, -0.2) is 5.16 Å². The van der Waals surface area contributed by atoms with E-state index in [1.165, 1.54) is 19.3 Å². The molecule has 1 aliphatic rings. The van der Waals surface area contributed by atoms with Gasteiger partial charge in [0.1, 0.15) is 0 Å². The van der Waals surface area contributed by atoms with Gasteiger partial charge in [-0.1, -0.05) is 17.6 Å². The van der Waals surface area contributed by atoms with Crippen molar-refractivity contribution in [1.82, 2.24) is 5.16 Å². The molecule has 2 aromatic rings. The van der Waals surface area contributed by atoms with E-state index in [4.69, 9.17) is 10.3 Å². The van der Waals surface area contributed by atoms with E-state index in [-0.39, 0.29) is 0 Å². The molecule has 1 fully saturated rings. The largest absolute Gasteiger partial charge is 0.380 e. The zero-order valence-electron chi connectivity index (χ0n) is 8.27. The van der Waals surface area contributed by atoms with Gasteiger partial charge in [-0.3, -0.25) is 0 Å². The second-order valence-corrected chi connectivity index (χ2v) is 4.86. The molecule has 4 heteroatoms. The van der Waals surface area contributed by atoms with E-state index < -0.39 is 0 Å². The van der Waals surface area contributed by atoms with E-state index in [1.54, 1.807) is 11.3 Å². The summed E-state index contributed by atoms with van der Waals surface area (Å²) in [6.45, 7) is 0. The molecule has 3 nitrogen and oxygen atoms in total. The first-order valence-electron chi connectivity index (χ1n) is 5.15. The molecule has 1 aliphatic carbocycles. The number of thiophene rings is 1. The number of hydrogen-bond donors (Lipinski definition) is 1. The van der Waals surface area contributed by atoms with Crippen LogP contribution < -0.4 is 5.73 Å². The number of nitrogens with two attached hydrogens (primary N) is 1. The molecule has 0 amide bonds. The maximum atomic E-state index is 5.85. The molecule has 0 unspecified atom stereocenters. The molecule has 0 bridgehead atoms. The van der Waals surface area contributed by atoms with Crippen molar-refractivity contribution in [2.75, 3.05) is 5.73 Å². The Labute approximate surface area is 91.9 Å². The Morgan fingerprint density at radius 3 is 2.93 bits per heavy atom. The van der Waals surface area contributed by atoms with Gasteiger partial charge in [0.05, 0.1) is 5.56 Å². The highest BCUT2D eigenvalue weighted by Crippen LogP contribution is 2.44. The van der Waals surface area contributed by atoms with Crippen LogP contribution in [0.15, 0.2) is 22.0 Å². The van der Waals surface area contributed by atoms with Gasteiger partial charge in [-0.05, 0) is 24.3 Å². The van der Waals surface area contributed by atoms with Crippen LogP contribution in [0.5, 0.6) is 0 Å². The Balaban J connectivity index is 2.08. The van der Waals surface area contributed by atoms with Crippen molar-refractivity contribution >= 4 is 17.2 Å². The molecule has 3 rings (SSSR count). The fraction of sp³-hybridized carbons (Fsp3) is 0.364. The maximum Gasteiger partial charge on any atom is 0.175 e. The van der Waals surface area contributed by atoms with Crippen LogP contribution in [-0.2, 0) is 0 Å². The molecule has 15 heavy (non-hydrogen) atoms. The fourth-order valence-corrected chi connectivity index (χ4v) is 2.72. The normalized spacial score (nSPS) is 16.5. The van der Waals surface area contributed by atoms with E-state index in [0.29, 0.717) is 11.7 Å². The van der Waals surface area contributed by atoms with Gasteiger partial charge < -0.3 is 10.3 Å². The van der Waals surface area contributed by atoms with E-state index >= 15 is 0 Å². The molecule has 2 aromatic heterocycles. The Hall–Kier alpha value is -1.29. The molecule has 0 saturated heterocycles. The Morgan fingerprint density at radius 2 is 2.33 bits per heavy atom. The highest BCUT2D eigenvalue weighted by molar-refractivity contribution is 7.13. The second kappa shape index (κ2) is 3.38. The third kappa shape index (κ3) is 1.36. The van der Waals surface area contributed by atoms with Crippen molar-refractivity contribution in [3.63, 3.8) is 0 Å². The summed E-state index contributed by atoms with van der Waals surface area (Å²) in [6.07, 6.45) is 3.69. The zero-order valence-corrected chi connectivity index (χ0v) is 9.09. The first kappa shape index (κ1) is 8.97. The molecule has 0 radical (unpaired) electrons. The summed E-state index contributed by atoms with van der Waals surface area (Å²) in [5, 5.41) is 5.93. The van der Waals surface area contributed by atoms with Crippen LogP contribution in [0, 0.1) is 0 Å². The van der Waals surface area contributed by atoms with Crippen molar-refractivity contribution < 1.29 is 4.52 Å². The third-order valence-corrected chi connectivity index (χ3v) is 3.88. The van der Waals surface area contributed by atoms with Gasteiger partial charge in [-0.15, -0.1) is 11.3 Å². The van der Waals surface area contributed by atoms with Crippen LogP contribution in [0.3, 0.4) is 0 Å². The van der Waals surface area contributed by atoms with Gasteiger partial charge in [-0.25, -0.2) is 0 Å². The minimum Gasteiger partial charge on any atom is -0.380 e. The number of anilines is 1. The molecule has 78 valence electrons. The van der Waals surface area contributed by atoms with Gasteiger partial charge in [0.15, 0.2) is 11.6 Å². The number of aromatic nitrogens is 1. The Bertz CT molecular complexity index is 457. The van der Waals surface area contributed by atoms with Gasteiger partial charge in [0.25, 0.3) is 0 Å². The topological polar surface area (TPSA) is 52.0 Å². The summed E-state index contributed by atoms with van der Waals surface area (Å²) < 4.78 is 5.35. The molecule has 1 saturated carbocycles. The summed E-state index contributed by atoms with van der Waals surface area (Å²) in [5.74, 6) is 2.05. The third-order valence-electron chi connectivity index (χ3n) is 2.99. The van der Waals surface area contributed by atoms with E-state index in [9.17, 15) is 0 Å². The number of rotatable bonds is 2. The predicted molar refractivity (Wildman–Crippen MR) is 60.8 cm³/mol. The van der Waals surface area contributed by atoms with E-state index in [0.717, 1.165) is 16.2 Å². The maximum absolute atomic E-state index is 5.85. The van der Waals surface area contributed by atoms with Crippen molar-refractivity contribution in [3.8, 4) is 10.4 Å². The first-order chi connectivity index (χ1) is 7.36. The average molecular weight is 220 g/mol. The van der Waals surface area contributed by atoms with Crippen LogP contribution >= 0.6 is 11.3 Å². The lowest BCUT2D eigenvalue weighted by molar-refractivity contribution is 0.302. The van der Waals surface area contributed by atoms with Crippen molar-refractivity contribution in [1.29, 1.82) is 0 Å². The van der Waals surface area contributed by atoms with Gasteiger partial charge in [0, 0.05) is 10.8 Å². The molecule has 0 aromatic carbocycles. The molecule has 2 N–H and O–H groups in total. The van der Waals surface area contributed by atoms with Gasteiger partial charge in [-0.2, -0.15) is 0 Å². The quantitative estimate of drug-likeness (QED) is 0.845. The lowest BCUT2D eigenvalue weighted by atomic mass is 9.82. The second-order valence-electron chi connectivity index (χ2n) is 3.91. The molecule has 0 aliphatic heterocycles. The van der Waals surface area contributed by atoms with Crippen LogP contribution in [0.4, 0.5) is 5.82 Å². The SMILES string of the molecule is Nc1noc(C2CCC2)c1-c1cccs1. The molecular weight excluding hydrogens is 208 g/mol. The number of hydrogen-bond acceptors (Lipinski definition) is 4. The summed E-state index contributed by atoms with van der Waals surface area (Å²) >= 11 is 1.68. The van der Waals surface area contributed by atoms with Crippen LogP contribution in [0.2, 0.25) is 0 Å². The van der Waals surface area contributed by atoms with Gasteiger partial charge in [0.2, 0.25) is 0 Å². The Morgan fingerprint density at radius 1 is 1.47 bits per heavy atom. The highest BCUT2D eigenvalue weighted by atomic mass is 32.1. The highest BCUT2D eigenvalue weighted by Gasteiger charge is 2.28.